The van der Waals surface area contributed by atoms with Gasteiger partial charge in [-0.05, 0) is 19.5 Å². The van der Waals surface area contributed by atoms with Gasteiger partial charge in [0, 0.05) is 13.1 Å². The fraction of sp³-hybridized carbons (Fsp3) is 1.00. The van der Waals surface area contributed by atoms with Crippen LogP contribution >= 0.6 is 0 Å². The van der Waals surface area contributed by atoms with E-state index in [1.165, 1.54) is 32.8 Å². The maximum atomic E-state index is 13.5. The number of sulfonamides is 1. The molecule has 0 amide bonds. The third-order valence-electron chi connectivity index (χ3n) is 2.94. The summed E-state index contributed by atoms with van der Waals surface area (Å²) in [5.74, 6) is -14.5. The van der Waals surface area contributed by atoms with Crippen molar-refractivity contribution in [3.8, 4) is 0 Å². The molecule has 0 aromatic rings. The molecule has 25 heavy (non-hydrogen) atoms. The van der Waals surface area contributed by atoms with E-state index in [2.05, 4.69) is 0 Å². The van der Waals surface area contributed by atoms with Gasteiger partial charge >= 0.3 is 23.3 Å². The molecular formula is C11H17F9N2O2S. The fourth-order valence-electron chi connectivity index (χ4n) is 1.82. The highest BCUT2D eigenvalue weighted by Gasteiger charge is 2.85. The summed E-state index contributed by atoms with van der Waals surface area (Å²) in [6, 6.07) is 0. The number of hydrogen-bond acceptors (Lipinski definition) is 3. The molecule has 0 unspecified atom stereocenters. The number of alkyl halides is 9. The highest BCUT2D eigenvalue weighted by molar-refractivity contribution is 7.90. The zero-order chi connectivity index (χ0) is 20.7. The summed E-state index contributed by atoms with van der Waals surface area (Å²) in [5.41, 5.74) is -1.12. The SMILES string of the molecule is CN(C)CC(C)(C)CNS(=O)(=O)C(F)(F)C(F)(F)C(F)(F)C(F)(F)F. The molecule has 0 atom stereocenters. The first-order valence-electron chi connectivity index (χ1n) is 6.46. The Labute approximate surface area is 138 Å². The number of halogens is 9. The summed E-state index contributed by atoms with van der Waals surface area (Å²) < 4.78 is 138. The Morgan fingerprint density at radius 2 is 1.24 bits per heavy atom. The van der Waals surface area contributed by atoms with Crippen LogP contribution in [0, 0.1) is 5.41 Å². The summed E-state index contributed by atoms with van der Waals surface area (Å²) in [7, 11) is -3.53. The molecule has 0 rings (SSSR count). The van der Waals surface area contributed by atoms with Crippen LogP contribution < -0.4 is 4.72 Å². The maximum absolute atomic E-state index is 13.5. The van der Waals surface area contributed by atoms with E-state index in [-0.39, 0.29) is 6.54 Å². The largest absolute Gasteiger partial charge is 0.460 e. The van der Waals surface area contributed by atoms with E-state index >= 15 is 0 Å². The van der Waals surface area contributed by atoms with Gasteiger partial charge in [0.05, 0.1) is 0 Å². The van der Waals surface area contributed by atoms with E-state index in [9.17, 15) is 47.9 Å². The Kier molecular flexibility index (Phi) is 6.55. The Bertz CT molecular complexity index is 571. The number of rotatable bonds is 8. The van der Waals surface area contributed by atoms with Crippen LogP contribution in [0.1, 0.15) is 13.8 Å². The lowest BCUT2D eigenvalue weighted by Gasteiger charge is -2.34. The van der Waals surface area contributed by atoms with Crippen molar-refractivity contribution in [3.63, 3.8) is 0 Å². The molecule has 1 N–H and O–H groups in total. The smallest absolute Gasteiger partial charge is 0.309 e. The van der Waals surface area contributed by atoms with Crippen LogP contribution in [0.15, 0.2) is 0 Å². The molecule has 14 heteroatoms. The van der Waals surface area contributed by atoms with Crippen LogP contribution in [0.5, 0.6) is 0 Å². The van der Waals surface area contributed by atoms with Gasteiger partial charge in [0.2, 0.25) is 0 Å². The molecule has 0 aromatic carbocycles. The van der Waals surface area contributed by atoms with Crippen LogP contribution in [0.4, 0.5) is 39.5 Å². The average Bonchev–Trinajstić information content (AvgIpc) is 2.33. The average molecular weight is 412 g/mol. The molecule has 0 aliphatic rings. The van der Waals surface area contributed by atoms with Crippen molar-refractivity contribution in [3.05, 3.63) is 0 Å². The van der Waals surface area contributed by atoms with Crippen LogP contribution in [0.25, 0.3) is 0 Å². The van der Waals surface area contributed by atoms with Crippen LogP contribution in [0.3, 0.4) is 0 Å². The molecule has 0 fully saturated rings. The van der Waals surface area contributed by atoms with E-state index in [0.29, 0.717) is 0 Å². The predicted molar refractivity (Wildman–Crippen MR) is 70.2 cm³/mol. The van der Waals surface area contributed by atoms with Crippen molar-refractivity contribution in [1.29, 1.82) is 0 Å². The molecule has 4 nitrogen and oxygen atoms in total. The summed E-state index contributed by atoms with van der Waals surface area (Å²) in [6.07, 6.45) is -7.08. The van der Waals surface area contributed by atoms with Crippen molar-refractivity contribution >= 4 is 10.0 Å². The summed E-state index contributed by atoms with van der Waals surface area (Å²) >= 11 is 0. The van der Waals surface area contributed by atoms with Gasteiger partial charge in [0.1, 0.15) is 0 Å². The van der Waals surface area contributed by atoms with Gasteiger partial charge in [-0.15, -0.1) is 0 Å². The lowest BCUT2D eigenvalue weighted by Crippen LogP contribution is -2.65. The van der Waals surface area contributed by atoms with E-state index in [0.717, 1.165) is 4.72 Å². The molecule has 0 saturated carbocycles. The Balaban J connectivity index is 5.69. The molecule has 0 aliphatic heterocycles. The second kappa shape index (κ2) is 6.76. The Morgan fingerprint density at radius 3 is 1.56 bits per heavy atom. The zero-order valence-corrected chi connectivity index (χ0v) is 14.3. The van der Waals surface area contributed by atoms with Crippen LogP contribution in [-0.2, 0) is 10.0 Å². The standard InChI is InChI=1S/C11H17F9N2O2S/c1-7(2,6-22(3)4)5-21-25(23,24)11(19,20)9(14,15)8(12,13)10(16,17)18/h21H,5-6H2,1-4H3. The van der Waals surface area contributed by atoms with Crippen molar-refractivity contribution in [2.24, 2.45) is 5.41 Å². The molecule has 0 bridgehead atoms. The minimum Gasteiger partial charge on any atom is -0.309 e. The quantitative estimate of drug-likeness (QED) is 0.624. The molecule has 0 radical (unpaired) electrons. The van der Waals surface area contributed by atoms with Crippen LogP contribution in [-0.4, -0.2) is 63.8 Å². The highest BCUT2D eigenvalue weighted by atomic mass is 32.2. The first-order chi connectivity index (χ1) is 10.6. The van der Waals surface area contributed by atoms with Crippen molar-refractivity contribution in [2.45, 2.75) is 37.1 Å². The van der Waals surface area contributed by atoms with Gasteiger partial charge in [-0.3, -0.25) is 0 Å². The Hall–Kier alpha value is -0.760. The van der Waals surface area contributed by atoms with Gasteiger partial charge in [0.15, 0.2) is 0 Å². The monoisotopic (exact) mass is 412 g/mol. The predicted octanol–water partition coefficient (Wildman–Crippen LogP) is 2.92. The van der Waals surface area contributed by atoms with Crippen molar-refractivity contribution in [2.75, 3.05) is 27.2 Å². The first kappa shape index (κ1) is 24.2. The zero-order valence-electron chi connectivity index (χ0n) is 13.5. The number of hydrogen-bond donors (Lipinski definition) is 1. The van der Waals surface area contributed by atoms with E-state index in [1.807, 2.05) is 0 Å². The lowest BCUT2D eigenvalue weighted by molar-refractivity contribution is -0.382. The topological polar surface area (TPSA) is 49.4 Å². The van der Waals surface area contributed by atoms with Gasteiger partial charge < -0.3 is 4.90 Å². The summed E-state index contributed by atoms with van der Waals surface area (Å²) in [5, 5.41) is -6.72. The highest BCUT2D eigenvalue weighted by Crippen LogP contribution is 2.54. The normalized spacial score (nSPS) is 15.8. The van der Waals surface area contributed by atoms with Crippen molar-refractivity contribution < 1.29 is 47.9 Å². The molecular weight excluding hydrogens is 395 g/mol. The molecule has 0 spiro atoms. The Morgan fingerprint density at radius 1 is 0.840 bits per heavy atom. The van der Waals surface area contributed by atoms with E-state index in [1.54, 1.807) is 0 Å². The van der Waals surface area contributed by atoms with Gasteiger partial charge in [-0.25, -0.2) is 13.1 Å². The summed E-state index contributed by atoms with van der Waals surface area (Å²) in [6.45, 7) is 1.82. The van der Waals surface area contributed by atoms with Crippen molar-refractivity contribution in [1.82, 2.24) is 9.62 Å². The fourth-order valence-corrected chi connectivity index (χ4v) is 3.05. The first-order valence-corrected chi connectivity index (χ1v) is 7.95. The molecule has 0 aliphatic carbocycles. The molecule has 0 heterocycles. The molecule has 152 valence electrons. The second-order valence-electron chi connectivity index (χ2n) is 6.39. The third kappa shape index (κ3) is 4.70. The van der Waals surface area contributed by atoms with Gasteiger partial charge in [-0.2, -0.15) is 39.5 Å². The minimum absolute atomic E-state index is 0.0657. The maximum Gasteiger partial charge on any atom is 0.460 e. The second-order valence-corrected chi connectivity index (χ2v) is 8.20. The number of nitrogens with zero attached hydrogens (tertiary/aromatic N) is 1. The van der Waals surface area contributed by atoms with Gasteiger partial charge in [-0.1, -0.05) is 13.8 Å². The summed E-state index contributed by atoms with van der Waals surface area (Å²) in [4.78, 5) is 1.48. The van der Waals surface area contributed by atoms with E-state index < -0.39 is 45.3 Å². The van der Waals surface area contributed by atoms with Crippen LogP contribution in [0.2, 0.25) is 0 Å². The lowest BCUT2D eigenvalue weighted by atomic mass is 9.93. The third-order valence-corrected chi connectivity index (χ3v) is 4.39. The molecule has 0 aromatic heterocycles. The van der Waals surface area contributed by atoms with Gasteiger partial charge in [0.25, 0.3) is 10.0 Å². The molecule has 0 saturated heterocycles. The minimum atomic E-state index is -7.27. The number of nitrogens with one attached hydrogen (secondary N) is 1. The van der Waals surface area contributed by atoms with E-state index in [4.69, 9.17) is 0 Å².